The molecule has 1 saturated heterocycles. The quantitative estimate of drug-likeness (QED) is 0.259. The fraction of sp³-hybridized carbons (Fsp3) is 0.240. The highest BCUT2D eigenvalue weighted by molar-refractivity contribution is 8.26. The molecule has 1 amide bonds. The molecule has 7 heteroatoms. The van der Waals surface area contributed by atoms with Gasteiger partial charge >= 0.3 is 5.97 Å². The van der Waals surface area contributed by atoms with E-state index in [-0.39, 0.29) is 24.8 Å². The van der Waals surface area contributed by atoms with Crippen LogP contribution in [0.25, 0.3) is 17.0 Å². The summed E-state index contributed by atoms with van der Waals surface area (Å²) < 4.78 is 7.76. The highest BCUT2D eigenvalue weighted by Crippen LogP contribution is 2.34. The van der Waals surface area contributed by atoms with Crippen LogP contribution < -0.4 is 0 Å². The summed E-state index contributed by atoms with van der Waals surface area (Å²) in [6.07, 6.45) is 4.88. The van der Waals surface area contributed by atoms with Crippen LogP contribution in [0.1, 0.15) is 30.9 Å². The van der Waals surface area contributed by atoms with Gasteiger partial charge in [-0.05, 0) is 24.1 Å². The first-order valence-electron chi connectivity index (χ1n) is 10.6. The Bertz CT molecular complexity index is 1180. The van der Waals surface area contributed by atoms with Crippen molar-refractivity contribution in [3.63, 3.8) is 0 Å². The van der Waals surface area contributed by atoms with Crippen molar-refractivity contribution in [1.82, 2.24) is 9.47 Å². The molecule has 0 radical (unpaired) electrons. The molecule has 2 aromatic carbocycles. The van der Waals surface area contributed by atoms with Gasteiger partial charge in [-0.2, -0.15) is 0 Å². The Hall–Kier alpha value is -2.90. The Morgan fingerprint density at radius 2 is 1.88 bits per heavy atom. The van der Waals surface area contributed by atoms with Crippen molar-refractivity contribution < 1.29 is 14.3 Å². The van der Waals surface area contributed by atoms with Crippen LogP contribution in [0.3, 0.4) is 0 Å². The van der Waals surface area contributed by atoms with E-state index < -0.39 is 0 Å². The second kappa shape index (κ2) is 10.1. The molecule has 2 heterocycles. The van der Waals surface area contributed by atoms with Gasteiger partial charge in [0, 0.05) is 35.8 Å². The molecule has 32 heavy (non-hydrogen) atoms. The molecule has 5 nitrogen and oxygen atoms in total. The predicted octanol–water partition coefficient (Wildman–Crippen LogP) is 5.23. The summed E-state index contributed by atoms with van der Waals surface area (Å²) in [4.78, 5) is 26.8. The predicted molar refractivity (Wildman–Crippen MR) is 133 cm³/mol. The number of ether oxygens (including phenoxy) is 1. The van der Waals surface area contributed by atoms with Gasteiger partial charge in [0.1, 0.15) is 4.32 Å². The molecule has 0 unspecified atom stereocenters. The minimum Gasteiger partial charge on any atom is -0.466 e. The zero-order chi connectivity index (χ0) is 22.5. The first-order chi connectivity index (χ1) is 15.6. The van der Waals surface area contributed by atoms with Crippen molar-refractivity contribution in [2.75, 3.05) is 13.2 Å². The minimum atomic E-state index is -0.311. The lowest BCUT2D eigenvalue weighted by molar-refractivity contribution is -0.143. The summed E-state index contributed by atoms with van der Waals surface area (Å²) in [5.41, 5.74) is 3.29. The van der Waals surface area contributed by atoms with Gasteiger partial charge in [0.15, 0.2) is 0 Å². The van der Waals surface area contributed by atoms with E-state index in [9.17, 15) is 9.59 Å². The monoisotopic (exact) mass is 464 g/mol. The number of thioether (sulfide) groups is 1. The van der Waals surface area contributed by atoms with Crippen LogP contribution in [0.15, 0.2) is 65.7 Å². The Morgan fingerprint density at radius 3 is 2.66 bits per heavy atom. The molecule has 1 aliphatic rings. The van der Waals surface area contributed by atoms with Gasteiger partial charge in [0.05, 0.1) is 17.9 Å². The summed E-state index contributed by atoms with van der Waals surface area (Å²) in [5, 5.41) is 1.08. The minimum absolute atomic E-state index is 0.135. The van der Waals surface area contributed by atoms with Crippen molar-refractivity contribution in [1.29, 1.82) is 0 Å². The Labute approximate surface area is 197 Å². The zero-order valence-electron chi connectivity index (χ0n) is 17.8. The van der Waals surface area contributed by atoms with Crippen molar-refractivity contribution in [2.45, 2.75) is 26.3 Å². The number of rotatable bonds is 8. The molecule has 1 aliphatic heterocycles. The van der Waals surface area contributed by atoms with Crippen LogP contribution in [-0.4, -0.2) is 38.8 Å². The summed E-state index contributed by atoms with van der Waals surface area (Å²) >= 11 is 6.68. The first-order valence-corrected chi connectivity index (χ1v) is 11.8. The fourth-order valence-electron chi connectivity index (χ4n) is 3.63. The third-order valence-electron chi connectivity index (χ3n) is 5.18. The van der Waals surface area contributed by atoms with Crippen LogP contribution in [0, 0.1) is 0 Å². The van der Waals surface area contributed by atoms with E-state index in [0.29, 0.717) is 15.8 Å². The first kappa shape index (κ1) is 22.3. The fourth-order valence-corrected chi connectivity index (χ4v) is 4.93. The lowest BCUT2D eigenvalue weighted by atomic mass is 10.1. The lowest BCUT2D eigenvalue weighted by Gasteiger charge is -2.13. The van der Waals surface area contributed by atoms with Crippen LogP contribution >= 0.6 is 24.0 Å². The molecule has 164 valence electrons. The van der Waals surface area contributed by atoms with Crippen molar-refractivity contribution >= 4 is 57.2 Å². The van der Waals surface area contributed by atoms with Crippen molar-refractivity contribution in [3.05, 3.63) is 76.8 Å². The van der Waals surface area contributed by atoms with E-state index >= 15 is 0 Å². The van der Waals surface area contributed by atoms with Crippen molar-refractivity contribution in [2.24, 2.45) is 0 Å². The third kappa shape index (κ3) is 4.95. The topological polar surface area (TPSA) is 51.5 Å². The van der Waals surface area contributed by atoms with E-state index in [1.165, 1.54) is 22.2 Å². The SMILES string of the molecule is CCCOC(=O)CCN1C(=O)/C(=C/c2cn(Cc3ccccc3)c3ccccc23)SC1=S. The summed E-state index contributed by atoms with van der Waals surface area (Å²) in [5.74, 6) is -0.475. The average molecular weight is 465 g/mol. The molecule has 0 bridgehead atoms. The molecule has 4 rings (SSSR count). The van der Waals surface area contributed by atoms with Crippen LogP contribution in [0.2, 0.25) is 0 Å². The average Bonchev–Trinajstić information content (AvgIpc) is 3.28. The lowest BCUT2D eigenvalue weighted by Crippen LogP contribution is -2.30. The van der Waals surface area contributed by atoms with Gasteiger partial charge in [-0.1, -0.05) is 79.4 Å². The Balaban J connectivity index is 1.56. The van der Waals surface area contributed by atoms with E-state index in [2.05, 4.69) is 35.0 Å². The number of fused-ring (bicyclic) bond motifs is 1. The van der Waals surface area contributed by atoms with Crippen LogP contribution in [0.5, 0.6) is 0 Å². The molecule has 3 aromatic rings. The molecular weight excluding hydrogens is 440 g/mol. The maximum atomic E-state index is 13.0. The molecule has 1 fully saturated rings. The Morgan fingerprint density at radius 1 is 1.12 bits per heavy atom. The largest absolute Gasteiger partial charge is 0.466 e. The third-order valence-corrected chi connectivity index (χ3v) is 6.56. The smallest absolute Gasteiger partial charge is 0.307 e. The van der Waals surface area contributed by atoms with Crippen LogP contribution in [-0.2, 0) is 20.9 Å². The normalized spacial score (nSPS) is 15.2. The number of nitrogens with zero attached hydrogens (tertiary/aromatic N) is 2. The van der Waals surface area contributed by atoms with Gasteiger partial charge in [-0.15, -0.1) is 0 Å². The molecule has 0 N–H and O–H groups in total. The van der Waals surface area contributed by atoms with Gasteiger partial charge in [0.2, 0.25) is 0 Å². The van der Waals surface area contributed by atoms with Gasteiger partial charge in [-0.25, -0.2) is 0 Å². The number of hydrogen-bond donors (Lipinski definition) is 0. The molecule has 0 saturated carbocycles. The zero-order valence-corrected chi connectivity index (χ0v) is 19.5. The Kier molecular flexibility index (Phi) is 7.07. The summed E-state index contributed by atoms with van der Waals surface area (Å²) in [7, 11) is 0. The summed E-state index contributed by atoms with van der Waals surface area (Å²) in [6, 6.07) is 18.4. The molecule has 0 atom stereocenters. The number of carbonyl (C=O) groups excluding carboxylic acids is 2. The highest BCUT2D eigenvalue weighted by atomic mass is 32.2. The van der Waals surface area contributed by atoms with Crippen molar-refractivity contribution in [3.8, 4) is 0 Å². The molecule has 1 aromatic heterocycles. The number of amides is 1. The number of esters is 1. The maximum absolute atomic E-state index is 13.0. The number of para-hydroxylation sites is 1. The van der Waals surface area contributed by atoms with Gasteiger partial charge in [0.25, 0.3) is 5.91 Å². The number of aromatic nitrogens is 1. The van der Waals surface area contributed by atoms with Crippen LogP contribution in [0.4, 0.5) is 0 Å². The maximum Gasteiger partial charge on any atom is 0.307 e. The van der Waals surface area contributed by atoms with Gasteiger partial charge in [-0.3, -0.25) is 14.5 Å². The highest BCUT2D eigenvalue weighted by Gasteiger charge is 2.32. The van der Waals surface area contributed by atoms with E-state index in [0.717, 1.165) is 29.4 Å². The summed E-state index contributed by atoms with van der Waals surface area (Å²) in [6.45, 7) is 3.32. The number of thiocarbonyl (C=S) groups is 1. The number of benzene rings is 2. The number of hydrogen-bond acceptors (Lipinski definition) is 5. The van der Waals surface area contributed by atoms with E-state index in [1.807, 2.05) is 43.3 Å². The molecule has 0 spiro atoms. The molecule has 0 aliphatic carbocycles. The van der Waals surface area contributed by atoms with E-state index in [1.54, 1.807) is 0 Å². The van der Waals surface area contributed by atoms with E-state index in [4.69, 9.17) is 17.0 Å². The van der Waals surface area contributed by atoms with Gasteiger partial charge < -0.3 is 9.30 Å². The second-order valence-electron chi connectivity index (χ2n) is 7.52. The second-order valence-corrected chi connectivity index (χ2v) is 9.19. The standard InChI is InChI=1S/C25H24N2O3S2/c1-2-14-30-23(28)12-13-27-24(29)22(32-25(27)31)15-19-17-26(16-18-8-4-3-5-9-18)21-11-7-6-10-20(19)21/h3-11,15,17H,2,12-14,16H2,1H3/b22-15-. The molecular formula is C25H24N2O3S2. The number of carbonyl (C=O) groups is 2.